The van der Waals surface area contributed by atoms with Gasteiger partial charge in [0, 0.05) is 52.9 Å². The average Bonchev–Trinajstić information content (AvgIpc) is 2.59. The summed E-state index contributed by atoms with van der Waals surface area (Å²) in [6.45, 7) is 11.6. The molecule has 1 rings (SSSR count). The Balaban J connectivity index is 2.16. The summed E-state index contributed by atoms with van der Waals surface area (Å²) >= 11 is 1.89. The molecule has 0 saturated carbocycles. The summed E-state index contributed by atoms with van der Waals surface area (Å²) in [5.41, 5.74) is -0.434. The van der Waals surface area contributed by atoms with Crippen molar-refractivity contribution in [1.82, 2.24) is 20.4 Å². The number of hydrogen-bond donors (Lipinski definition) is 2. The van der Waals surface area contributed by atoms with Gasteiger partial charge < -0.3 is 20.3 Å². The molecule has 0 aliphatic carbocycles. The molecule has 1 aliphatic rings. The monoisotopic (exact) mass is 387 g/mol. The molecule has 1 saturated heterocycles. The van der Waals surface area contributed by atoms with Crippen LogP contribution in [0.5, 0.6) is 0 Å². The summed E-state index contributed by atoms with van der Waals surface area (Å²) in [6.07, 6.45) is 4.32. The zero-order chi connectivity index (χ0) is 19.4. The Bertz CT molecular complexity index is 432. The number of piperazine rings is 1. The van der Waals surface area contributed by atoms with Gasteiger partial charge in [0.1, 0.15) is 5.60 Å². The molecule has 0 aromatic rings. The third-order valence-electron chi connectivity index (χ3n) is 4.04. The van der Waals surface area contributed by atoms with Gasteiger partial charge in [-0.3, -0.25) is 9.89 Å². The van der Waals surface area contributed by atoms with Crippen molar-refractivity contribution in [2.45, 2.75) is 39.2 Å². The first-order valence-corrected chi connectivity index (χ1v) is 10.9. The van der Waals surface area contributed by atoms with Crippen LogP contribution >= 0.6 is 11.8 Å². The number of nitrogens with zero attached hydrogens (tertiary/aromatic N) is 3. The van der Waals surface area contributed by atoms with Crippen LogP contribution in [0.1, 0.15) is 33.6 Å². The lowest BCUT2D eigenvalue weighted by atomic mass is 10.2. The highest BCUT2D eigenvalue weighted by Crippen LogP contribution is 2.11. The van der Waals surface area contributed by atoms with Gasteiger partial charge in [-0.15, -0.1) is 0 Å². The third-order valence-corrected chi connectivity index (χ3v) is 4.73. The van der Waals surface area contributed by atoms with Crippen LogP contribution < -0.4 is 10.6 Å². The van der Waals surface area contributed by atoms with Crippen LogP contribution in [0.4, 0.5) is 4.79 Å². The van der Waals surface area contributed by atoms with Crippen LogP contribution in [0.3, 0.4) is 0 Å². The van der Waals surface area contributed by atoms with Crippen molar-refractivity contribution in [3.8, 4) is 0 Å². The normalized spacial score (nSPS) is 16.5. The first-order chi connectivity index (χ1) is 12.4. The van der Waals surface area contributed by atoms with Gasteiger partial charge in [-0.05, 0) is 45.6 Å². The molecule has 0 bridgehead atoms. The number of unbranched alkanes of at least 4 members (excludes halogenated alkanes) is 1. The zero-order valence-electron chi connectivity index (χ0n) is 17.1. The first-order valence-electron chi connectivity index (χ1n) is 9.49. The van der Waals surface area contributed by atoms with Gasteiger partial charge >= 0.3 is 6.09 Å². The predicted molar refractivity (Wildman–Crippen MR) is 111 cm³/mol. The molecular weight excluding hydrogens is 350 g/mol. The predicted octanol–water partition coefficient (Wildman–Crippen LogP) is 1.85. The van der Waals surface area contributed by atoms with Gasteiger partial charge in [-0.1, -0.05) is 0 Å². The molecule has 1 fully saturated rings. The molecule has 0 radical (unpaired) electrons. The number of aliphatic imine (C=N–C) groups is 1. The molecule has 26 heavy (non-hydrogen) atoms. The van der Waals surface area contributed by atoms with E-state index in [4.69, 9.17) is 4.74 Å². The van der Waals surface area contributed by atoms with E-state index in [1.165, 1.54) is 12.2 Å². The molecular formula is C18H37N5O2S. The Kier molecular flexibility index (Phi) is 10.8. The number of carbonyl (C=O) groups is 1. The highest BCUT2D eigenvalue weighted by atomic mass is 32.2. The molecule has 1 aliphatic heterocycles. The van der Waals surface area contributed by atoms with Gasteiger partial charge in [-0.2, -0.15) is 11.8 Å². The van der Waals surface area contributed by atoms with Crippen LogP contribution in [0.15, 0.2) is 4.99 Å². The molecule has 0 aromatic carbocycles. The number of ether oxygens (including phenoxy) is 1. The van der Waals surface area contributed by atoms with Crippen molar-refractivity contribution in [2.24, 2.45) is 4.99 Å². The Hall–Kier alpha value is -1.15. The lowest BCUT2D eigenvalue weighted by Crippen LogP contribution is -2.51. The number of carbonyl (C=O) groups excluding carboxylic acids is 1. The SMILES string of the molecule is CN=C(NCCCCSC)NCCN1CCN(C(=O)OC(C)(C)C)CC1. The summed E-state index contributed by atoms with van der Waals surface area (Å²) in [5, 5.41) is 6.71. The fourth-order valence-electron chi connectivity index (χ4n) is 2.61. The van der Waals surface area contributed by atoms with Crippen LogP contribution in [-0.2, 0) is 4.74 Å². The number of amides is 1. The van der Waals surface area contributed by atoms with E-state index in [9.17, 15) is 4.79 Å². The molecule has 1 amide bonds. The fourth-order valence-corrected chi connectivity index (χ4v) is 3.10. The molecule has 0 atom stereocenters. The lowest BCUT2D eigenvalue weighted by molar-refractivity contribution is 0.0147. The molecule has 2 N–H and O–H groups in total. The van der Waals surface area contributed by atoms with Gasteiger partial charge in [0.25, 0.3) is 0 Å². The standard InChI is InChI=1S/C18H37N5O2S/c1-18(2,3)25-17(24)23-13-11-22(12-14-23)10-9-21-16(19-4)20-8-6-7-15-26-5/h6-15H2,1-5H3,(H2,19,20,21). The van der Waals surface area contributed by atoms with Crippen molar-refractivity contribution in [2.75, 3.05) is 64.9 Å². The van der Waals surface area contributed by atoms with Crippen molar-refractivity contribution in [3.63, 3.8) is 0 Å². The van der Waals surface area contributed by atoms with Crippen molar-refractivity contribution in [1.29, 1.82) is 0 Å². The minimum absolute atomic E-state index is 0.207. The largest absolute Gasteiger partial charge is 0.444 e. The third kappa shape index (κ3) is 10.1. The quantitative estimate of drug-likeness (QED) is 0.376. The summed E-state index contributed by atoms with van der Waals surface area (Å²) < 4.78 is 5.43. The number of rotatable bonds is 8. The molecule has 8 heteroatoms. The van der Waals surface area contributed by atoms with E-state index in [1.54, 1.807) is 11.9 Å². The maximum Gasteiger partial charge on any atom is 0.410 e. The molecule has 152 valence electrons. The Morgan fingerprint density at radius 2 is 1.77 bits per heavy atom. The van der Waals surface area contributed by atoms with E-state index >= 15 is 0 Å². The Morgan fingerprint density at radius 1 is 1.12 bits per heavy atom. The Labute approximate surface area is 163 Å². The van der Waals surface area contributed by atoms with E-state index in [0.717, 1.165) is 58.2 Å². The second-order valence-electron chi connectivity index (χ2n) is 7.43. The first kappa shape index (κ1) is 22.9. The molecule has 7 nitrogen and oxygen atoms in total. The van der Waals surface area contributed by atoms with E-state index in [2.05, 4.69) is 26.8 Å². The van der Waals surface area contributed by atoms with Crippen LogP contribution in [0, 0.1) is 0 Å². The van der Waals surface area contributed by atoms with Gasteiger partial charge in [0.2, 0.25) is 0 Å². The second-order valence-corrected chi connectivity index (χ2v) is 8.42. The van der Waals surface area contributed by atoms with Gasteiger partial charge in [-0.25, -0.2) is 4.79 Å². The zero-order valence-corrected chi connectivity index (χ0v) is 18.0. The van der Waals surface area contributed by atoms with Crippen LogP contribution in [-0.4, -0.2) is 92.3 Å². The van der Waals surface area contributed by atoms with E-state index in [0.29, 0.717) is 0 Å². The number of thioether (sulfide) groups is 1. The van der Waals surface area contributed by atoms with Crippen molar-refractivity contribution in [3.05, 3.63) is 0 Å². The smallest absolute Gasteiger partial charge is 0.410 e. The lowest BCUT2D eigenvalue weighted by Gasteiger charge is -2.35. The Morgan fingerprint density at radius 3 is 2.35 bits per heavy atom. The summed E-state index contributed by atoms with van der Waals surface area (Å²) in [7, 11) is 1.80. The minimum Gasteiger partial charge on any atom is -0.444 e. The minimum atomic E-state index is -0.434. The molecule has 0 spiro atoms. The summed E-state index contributed by atoms with van der Waals surface area (Å²) in [4.78, 5) is 20.5. The van der Waals surface area contributed by atoms with Crippen molar-refractivity contribution < 1.29 is 9.53 Å². The number of nitrogens with one attached hydrogen (secondary N) is 2. The average molecular weight is 388 g/mol. The van der Waals surface area contributed by atoms with Gasteiger partial charge in [0.05, 0.1) is 0 Å². The van der Waals surface area contributed by atoms with Crippen LogP contribution in [0.25, 0.3) is 0 Å². The topological polar surface area (TPSA) is 69.2 Å². The second kappa shape index (κ2) is 12.3. The van der Waals surface area contributed by atoms with Crippen molar-refractivity contribution >= 4 is 23.8 Å². The van der Waals surface area contributed by atoms with E-state index in [1.807, 2.05) is 32.5 Å². The molecule has 0 unspecified atom stereocenters. The summed E-state index contributed by atoms with van der Waals surface area (Å²) in [5.74, 6) is 2.07. The number of hydrogen-bond acceptors (Lipinski definition) is 5. The maximum absolute atomic E-state index is 12.1. The van der Waals surface area contributed by atoms with Gasteiger partial charge in [0.15, 0.2) is 5.96 Å². The highest BCUT2D eigenvalue weighted by molar-refractivity contribution is 7.98. The fraction of sp³-hybridized carbons (Fsp3) is 0.889. The highest BCUT2D eigenvalue weighted by Gasteiger charge is 2.25. The van der Waals surface area contributed by atoms with E-state index in [-0.39, 0.29) is 6.09 Å². The summed E-state index contributed by atoms with van der Waals surface area (Å²) in [6, 6.07) is 0. The molecule has 0 aromatic heterocycles. The molecule has 1 heterocycles. The number of guanidine groups is 1. The maximum atomic E-state index is 12.1. The van der Waals surface area contributed by atoms with E-state index < -0.39 is 5.60 Å². The van der Waals surface area contributed by atoms with Crippen LogP contribution in [0.2, 0.25) is 0 Å².